The highest BCUT2D eigenvalue weighted by atomic mass is 33.1. The minimum absolute atomic E-state index is 1.38. The summed E-state index contributed by atoms with van der Waals surface area (Å²) in [5, 5.41) is 0. The zero-order valence-corrected chi connectivity index (χ0v) is 6.69. The fourth-order valence-electron chi connectivity index (χ4n) is 0.440. The Morgan fingerprint density at radius 1 is 0.875 bits per heavy atom. The lowest BCUT2D eigenvalue weighted by molar-refractivity contribution is 0.906. The van der Waals surface area contributed by atoms with Crippen LogP contribution in [0.15, 0.2) is 13.2 Å². The third-order valence-electron chi connectivity index (χ3n) is 0.789. The van der Waals surface area contributed by atoms with E-state index in [4.69, 9.17) is 0 Å². The molecule has 0 nitrogen and oxygen atoms in total. The van der Waals surface area contributed by atoms with Crippen LogP contribution in [0.3, 0.4) is 0 Å². The van der Waals surface area contributed by atoms with Gasteiger partial charge in [0.25, 0.3) is 0 Å². The van der Waals surface area contributed by atoms with Crippen LogP contribution in [0.1, 0.15) is 12.8 Å². The van der Waals surface area contributed by atoms with Crippen molar-refractivity contribution in [2.45, 2.75) is 12.8 Å². The summed E-state index contributed by atoms with van der Waals surface area (Å²) >= 11 is 0. The Morgan fingerprint density at radius 2 is 1.25 bits per heavy atom. The zero-order chi connectivity index (χ0) is 6.24. The second kappa shape index (κ2) is 7.44. The van der Waals surface area contributed by atoms with Gasteiger partial charge in [0, 0.05) is 11.5 Å². The molecule has 1 heterocycles. The Kier molecular flexibility index (Phi) is 7.85. The van der Waals surface area contributed by atoms with Crippen molar-refractivity contribution in [2.24, 2.45) is 0 Å². The maximum absolute atomic E-state index is 3.00. The summed E-state index contributed by atoms with van der Waals surface area (Å²) in [5.41, 5.74) is 0. The molecule has 1 fully saturated rings. The Balaban J connectivity index is 0.000000222. The topological polar surface area (TPSA) is 0 Å². The van der Waals surface area contributed by atoms with E-state index >= 15 is 0 Å². The maximum Gasteiger partial charge on any atom is 0.00372 e. The molecular formula is C6H12S2. The Morgan fingerprint density at radius 3 is 1.38 bits per heavy atom. The van der Waals surface area contributed by atoms with Crippen LogP contribution in [0.2, 0.25) is 0 Å². The van der Waals surface area contributed by atoms with Gasteiger partial charge in [-0.1, -0.05) is 21.6 Å². The van der Waals surface area contributed by atoms with Crippen molar-refractivity contribution in [1.82, 2.24) is 0 Å². The zero-order valence-electron chi connectivity index (χ0n) is 5.06. The second-order valence-electron chi connectivity index (χ2n) is 1.35. The summed E-state index contributed by atoms with van der Waals surface area (Å²) in [6.07, 6.45) is 2.88. The van der Waals surface area contributed by atoms with Crippen molar-refractivity contribution in [3.8, 4) is 0 Å². The number of hydrogen-bond donors (Lipinski definition) is 0. The van der Waals surface area contributed by atoms with Gasteiger partial charge in [0.2, 0.25) is 0 Å². The molecule has 1 aliphatic rings. The fraction of sp³-hybridized carbons (Fsp3) is 0.667. The molecule has 1 saturated heterocycles. The highest BCUT2D eigenvalue weighted by molar-refractivity contribution is 8.76. The molecule has 0 spiro atoms. The van der Waals surface area contributed by atoms with Crippen LogP contribution in [-0.2, 0) is 0 Å². The Hall–Kier alpha value is 0.440. The molecule has 0 aromatic rings. The molecule has 2 heteroatoms. The van der Waals surface area contributed by atoms with E-state index < -0.39 is 0 Å². The summed E-state index contributed by atoms with van der Waals surface area (Å²) in [7, 11) is 4.02. The van der Waals surface area contributed by atoms with Crippen molar-refractivity contribution < 1.29 is 0 Å². The average molecular weight is 148 g/mol. The molecule has 8 heavy (non-hydrogen) atoms. The summed E-state index contributed by atoms with van der Waals surface area (Å²) in [5.74, 6) is 2.76. The van der Waals surface area contributed by atoms with Gasteiger partial charge < -0.3 is 0 Å². The lowest BCUT2D eigenvalue weighted by atomic mass is 10.4. The van der Waals surface area contributed by atoms with Gasteiger partial charge in [0.1, 0.15) is 0 Å². The molecule has 48 valence electrons. The molecule has 0 N–H and O–H groups in total. The fourth-order valence-corrected chi connectivity index (χ4v) is 2.73. The van der Waals surface area contributed by atoms with Crippen molar-refractivity contribution in [3.05, 3.63) is 13.2 Å². The average Bonchev–Trinajstić information content (AvgIpc) is 1.96. The molecule has 0 radical (unpaired) electrons. The summed E-state index contributed by atoms with van der Waals surface area (Å²) < 4.78 is 0. The van der Waals surface area contributed by atoms with E-state index in [1.807, 2.05) is 21.6 Å². The van der Waals surface area contributed by atoms with Gasteiger partial charge in [-0.3, -0.25) is 0 Å². The molecule has 0 aromatic heterocycles. The highest BCUT2D eigenvalue weighted by Gasteiger charge is 1.96. The maximum atomic E-state index is 3.00. The molecule has 0 aromatic carbocycles. The molecular weight excluding hydrogens is 136 g/mol. The molecule has 1 rings (SSSR count). The van der Waals surface area contributed by atoms with Crippen LogP contribution in [0.5, 0.6) is 0 Å². The van der Waals surface area contributed by atoms with E-state index in [1.165, 1.54) is 24.3 Å². The highest BCUT2D eigenvalue weighted by Crippen LogP contribution is 2.28. The van der Waals surface area contributed by atoms with Crippen LogP contribution < -0.4 is 0 Å². The van der Waals surface area contributed by atoms with Crippen LogP contribution in [0.25, 0.3) is 0 Å². The monoisotopic (exact) mass is 148 g/mol. The van der Waals surface area contributed by atoms with Gasteiger partial charge in [-0.05, 0) is 12.8 Å². The number of rotatable bonds is 0. The van der Waals surface area contributed by atoms with E-state index in [1.54, 1.807) is 0 Å². The van der Waals surface area contributed by atoms with Crippen molar-refractivity contribution in [2.75, 3.05) is 11.5 Å². The minimum atomic E-state index is 1.38. The first-order valence-corrected chi connectivity index (χ1v) is 5.23. The first-order valence-electron chi connectivity index (χ1n) is 2.74. The predicted molar refractivity (Wildman–Crippen MR) is 45.4 cm³/mol. The van der Waals surface area contributed by atoms with Crippen molar-refractivity contribution in [1.29, 1.82) is 0 Å². The van der Waals surface area contributed by atoms with Gasteiger partial charge in [-0.15, -0.1) is 13.2 Å². The molecule has 0 amide bonds. The van der Waals surface area contributed by atoms with Crippen LogP contribution >= 0.6 is 21.6 Å². The van der Waals surface area contributed by atoms with E-state index in [9.17, 15) is 0 Å². The van der Waals surface area contributed by atoms with Gasteiger partial charge in [0.05, 0.1) is 0 Å². The lowest BCUT2D eigenvalue weighted by Gasteiger charge is -2.04. The van der Waals surface area contributed by atoms with Crippen molar-refractivity contribution in [3.63, 3.8) is 0 Å². The molecule has 0 aliphatic carbocycles. The molecule has 1 aliphatic heterocycles. The minimum Gasteiger partial charge on any atom is -0.106 e. The molecule has 0 bridgehead atoms. The molecule has 0 unspecified atom stereocenters. The first kappa shape index (κ1) is 8.44. The van der Waals surface area contributed by atoms with Crippen LogP contribution in [0, 0.1) is 0 Å². The van der Waals surface area contributed by atoms with E-state index in [0.29, 0.717) is 0 Å². The normalized spacial score (nSPS) is 18.5. The van der Waals surface area contributed by atoms with E-state index in [-0.39, 0.29) is 0 Å². The van der Waals surface area contributed by atoms with Gasteiger partial charge in [-0.2, -0.15) is 0 Å². The van der Waals surface area contributed by atoms with Crippen LogP contribution in [0.4, 0.5) is 0 Å². The second-order valence-corrected chi connectivity index (χ2v) is 4.05. The van der Waals surface area contributed by atoms with Crippen molar-refractivity contribution >= 4 is 21.6 Å². The van der Waals surface area contributed by atoms with E-state index in [0.717, 1.165) is 0 Å². The predicted octanol–water partition coefficient (Wildman–Crippen LogP) is 2.96. The smallest absolute Gasteiger partial charge is 0.00372 e. The largest absolute Gasteiger partial charge is 0.106 e. The third kappa shape index (κ3) is 4.60. The van der Waals surface area contributed by atoms with Gasteiger partial charge in [0.15, 0.2) is 0 Å². The van der Waals surface area contributed by atoms with Crippen LogP contribution in [-0.4, -0.2) is 11.5 Å². The quantitative estimate of drug-likeness (QED) is 0.382. The number of hydrogen-bond acceptors (Lipinski definition) is 2. The third-order valence-corrected chi connectivity index (χ3v) is 3.37. The summed E-state index contributed by atoms with van der Waals surface area (Å²) in [4.78, 5) is 0. The lowest BCUT2D eigenvalue weighted by Crippen LogP contribution is -1.86. The van der Waals surface area contributed by atoms with E-state index in [2.05, 4.69) is 13.2 Å². The standard InChI is InChI=1S/C4H8S2.C2H4/c1-2-4-6-5-3-1;1-2/h1-4H2;1-2H2. The Bertz CT molecular complexity index is 30.3. The van der Waals surface area contributed by atoms with Gasteiger partial charge in [-0.25, -0.2) is 0 Å². The molecule has 0 saturated carbocycles. The summed E-state index contributed by atoms with van der Waals surface area (Å²) in [6.45, 7) is 6.00. The first-order chi connectivity index (χ1) is 4.00. The Labute approximate surface area is 59.5 Å². The SMILES string of the molecule is C1CCSSC1.C=C. The molecule has 0 atom stereocenters. The summed E-state index contributed by atoms with van der Waals surface area (Å²) in [6, 6.07) is 0. The van der Waals surface area contributed by atoms with Gasteiger partial charge >= 0.3 is 0 Å².